The monoisotopic (exact) mass is 588 g/mol. The molecule has 0 radical (unpaired) electrons. The zero-order valence-corrected chi connectivity index (χ0v) is 25.3. The van der Waals surface area contributed by atoms with Crippen LogP contribution in [0.3, 0.4) is 0 Å². The van der Waals surface area contributed by atoms with Crippen LogP contribution in [0.4, 0.5) is 5.88 Å². The topological polar surface area (TPSA) is 122 Å². The smallest absolute Gasteiger partial charge is 0.264 e. The minimum atomic E-state index is -4.02. The number of aryl methyl sites for hydroxylation is 1. The van der Waals surface area contributed by atoms with Gasteiger partial charge in [0.25, 0.3) is 10.0 Å². The van der Waals surface area contributed by atoms with E-state index in [-0.39, 0.29) is 35.1 Å². The third-order valence-corrected chi connectivity index (χ3v) is 8.51. The van der Waals surface area contributed by atoms with Gasteiger partial charge in [0, 0.05) is 41.7 Å². The summed E-state index contributed by atoms with van der Waals surface area (Å²) >= 11 is 6.63. The van der Waals surface area contributed by atoms with Gasteiger partial charge in [-0.3, -0.25) is 9.59 Å². The lowest BCUT2D eigenvalue weighted by Crippen LogP contribution is -2.50. The fraction of sp³-hybridized carbons (Fsp3) is 0.414. The second-order valence-electron chi connectivity index (χ2n) is 10.2. The Kier molecular flexibility index (Phi) is 10.4. The molecular weight excluding hydrogens is 552 g/mol. The van der Waals surface area contributed by atoms with Gasteiger partial charge in [-0.15, -0.1) is 0 Å². The second-order valence-corrected chi connectivity index (χ2v) is 12.2. The lowest BCUT2D eigenvalue weighted by Gasteiger charge is -2.30. The first-order valence-electron chi connectivity index (χ1n) is 13.2. The first-order valence-corrected chi connectivity index (χ1v) is 15.1. The molecule has 216 valence electrons. The summed E-state index contributed by atoms with van der Waals surface area (Å²) in [6.45, 7) is 9.48. The van der Waals surface area contributed by atoms with Crippen molar-refractivity contribution < 1.29 is 22.5 Å². The molecule has 0 aliphatic carbocycles. The van der Waals surface area contributed by atoms with Crippen LogP contribution in [0.25, 0.3) is 11.1 Å². The van der Waals surface area contributed by atoms with Gasteiger partial charge < -0.3 is 14.7 Å². The quantitative estimate of drug-likeness (QED) is 0.280. The highest BCUT2D eigenvalue weighted by Gasteiger charge is 2.29. The fourth-order valence-electron chi connectivity index (χ4n) is 4.38. The van der Waals surface area contributed by atoms with E-state index in [1.165, 1.54) is 11.0 Å². The number of amides is 2. The molecule has 1 heterocycles. The highest BCUT2D eigenvalue weighted by molar-refractivity contribution is 7.92. The Hall–Kier alpha value is -3.37. The van der Waals surface area contributed by atoms with Gasteiger partial charge in [-0.25, -0.2) is 13.1 Å². The fourth-order valence-corrected chi connectivity index (χ4v) is 5.95. The number of sulfonamides is 1. The molecule has 11 heteroatoms. The van der Waals surface area contributed by atoms with Crippen LogP contribution in [0.1, 0.15) is 56.9 Å². The molecule has 0 aliphatic heterocycles. The Balaban J connectivity index is 1.79. The predicted octanol–water partition coefficient (Wildman–Crippen LogP) is 5.70. The van der Waals surface area contributed by atoms with Crippen LogP contribution >= 0.6 is 11.6 Å². The maximum atomic E-state index is 13.3. The van der Waals surface area contributed by atoms with Crippen LogP contribution in [0, 0.1) is 19.8 Å². The minimum absolute atomic E-state index is 0.0296. The largest absolute Gasteiger partial charge is 0.350 e. The number of carbonyl (C=O) groups is 2. The maximum absolute atomic E-state index is 13.3. The van der Waals surface area contributed by atoms with Gasteiger partial charge in [0.15, 0.2) is 0 Å². The summed E-state index contributed by atoms with van der Waals surface area (Å²) in [5.74, 6) is -0.317. The predicted molar refractivity (Wildman–Crippen MR) is 156 cm³/mol. The molecule has 1 aromatic heterocycles. The van der Waals surface area contributed by atoms with E-state index in [2.05, 4.69) is 15.2 Å². The van der Waals surface area contributed by atoms with Gasteiger partial charge in [-0.2, -0.15) is 0 Å². The Bertz CT molecular complexity index is 1470. The van der Waals surface area contributed by atoms with Crippen LogP contribution in [0.15, 0.2) is 51.9 Å². The number of halogens is 1. The molecule has 0 spiro atoms. The summed E-state index contributed by atoms with van der Waals surface area (Å²) in [7, 11) is -2.35. The van der Waals surface area contributed by atoms with Gasteiger partial charge in [0.1, 0.15) is 6.04 Å². The number of benzene rings is 2. The van der Waals surface area contributed by atoms with Crippen LogP contribution in [-0.4, -0.2) is 43.4 Å². The zero-order valence-electron chi connectivity index (χ0n) is 23.7. The molecule has 2 aromatic carbocycles. The number of aromatic nitrogens is 1. The molecule has 0 fully saturated rings. The molecule has 0 saturated carbocycles. The van der Waals surface area contributed by atoms with E-state index in [0.717, 1.165) is 18.4 Å². The Morgan fingerprint density at radius 3 is 2.40 bits per heavy atom. The zero-order chi connectivity index (χ0) is 29.6. The molecule has 40 heavy (non-hydrogen) atoms. The number of rotatable bonds is 12. The molecule has 3 rings (SSSR count). The molecule has 0 unspecified atom stereocenters. The van der Waals surface area contributed by atoms with E-state index >= 15 is 0 Å². The van der Waals surface area contributed by atoms with E-state index in [1.54, 1.807) is 57.3 Å². The normalized spacial score (nSPS) is 12.3. The molecule has 2 amide bonds. The average Bonchev–Trinajstić information content (AvgIpc) is 3.22. The van der Waals surface area contributed by atoms with Crippen molar-refractivity contribution in [3.8, 4) is 11.1 Å². The average molecular weight is 589 g/mol. The molecule has 3 aromatic rings. The van der Waals surface area contributed by atoms with Gasteiger partial charge in [-0.1, -0.05) is 74.3 Å². The highest BCUT2D eigenvalue weighted by atomic mass is 35.5. The Labute approximate surface area is 241 Å². The van der Waals surface area contributed by atoms with Crippen molar-refractivity contribution in [1.82, 2.24) is 15.4 Å². The third-order valence-electron chi connectivity index (χ3n) is 6.81. The number of hydrogen-bond acceptors (Lipinski definition) is 6. The van der Waals surface area contributed by atoms with Crippen molar-refractivity contribution >= 4 is 39.3 Å². The van der Waals surface area contributed by atoms with Crippen molar-refractivity contribution in [1.29, 1.82) is 0 Å². The number of hydrogen-bond donors (Lipinski definition) is 2. The van der Waals surface area contributed by atoms with Crippen LogP contribution < -0.4 is 10.0 Å². The van der Waals surface area contributed by atoms with Crippen LogP contribution in [-0.2, 0) is 26.2 Å². The van der Waals surface area contributed by atoms with Gasteiger partial charge >= 0.3 is 0 Å². The molecule has 0 saturated heterocycles. The summed E-state index contributed by atoms with van der Waals surface area (Å²) < 4.78 is 34.2. The van der Waals surface area contributed by atoms with E-state index in [9.17, 15) is 18.0 Å². The van der Waals surface area contributed by atoms with Crippen molar-refractivity contribution in [2.24, 2.45) is 5.92 Å². The van der Waals surface area contributed by atoms with Crippen molar-refractivity contribution in [3.05, 3.63) is 64.3 Å². The molecular formula is C29H37ClN4O5S. The van der Waals surface area contributed by atoms with E-state index in [1.807, 2.05) is 20.8 Å². The highest BCUT2D eigenvalue weighted by Crippen LogP contribution is 2.34. The van der Waals surface area contributed by atoms with Crippen molar-refractivity contribution in [2.75, 3.05) is 11.8 Å². The Morgan fingerprint density at radius 2 is 1.80 bits per heavy atom. The molecule has 0 aliphatic rings. The molecule has 9 nitrogen and oxygen atoms in total. The van der Waals surface area contributed by atoms with Gasteiger partial charge in [0.05, 0.1) is 10.6 Å². The first kappa shape index (κ1) is 31.2. The summed E-state index contributed by atoms with van der Waals surface area (Å²) in [6.07, 6.45) is 2.09. The number of unbranched alkanes of at least 4 members (excludes halogenated alkanes) is 1. The summed E-state index contributed by atoms with van der Waals surface area (Å²) in [4.78, 5) is 27.1. The van der Waals surface area contributed by atoms with Crippen LogP contribution in [0.2, 0.25) is 5.02 Å². The third kappa shape index (κ3) is 7.22. The second kappa shape index (κ2) is 13.3. The van der Waals surface area contributed by atoms with E-state index in [0.29, 0.717) is 33.8 Å². The summed E-state index contributed by atoms with van der Waals surface area (Å²) in [5.41, 5.74) is 2.85. The van der Waals surface area contributed by atoms with Crippen molar-refractivity contribution in [3.63, 3.8) is 0 Å². The Morgan fingerprint density at radius 1 is 1.10 bits per heavy atom. The van der Waals surface area contributed by atoms with E-state index < -0.39 is 16.1 Å². The number of anilines is 1. The minimum Gasteiger partial charge on any atom is -0.350 e. The van der Waals surface area contributed by atoms with Gasteiger partial charge in [-0.05, 0) is 43.9 Å². The molecule has 2 N–H and O–H groups in total. The van der Waals surface area contributed by atoms with E-state index in [4.69, 9.17) is 16.1 Å². The SMILES string of the molecule is CCCCC(=O)N(C)[C@H](C(=O)NCc1ccc(-c2ccccc2S(=O)(=O)Nc2onc(C)c2C)c(Cl)c1)C(C)C. The standard InChI is InChI=1S/C29H37ClN4O5S/c1-7-8-13-26(35)34(6)27(18(2)3)28(36)31-17-21-14-15-22(24(30)16-21)23-11-9-10-12-25(23)40(37,38)33-29-19(4)20(5)32-39-29/h9-12,14-16,18,27,33H,7-8,13,17H2,1-6H3,(H,31,36)/t27-/m0/s1. The number of carbonyl (C=O) groups excluding carboxylic acids is 2. The molecule has 1 atom stereocenters. The summed E-state index contributed by atoms with van der Waals surface area (Å²) in [6, 6.07) is 11.1. The maximum Gasteiger partial charge on any atom is 0.264 e. The van der Waals surface area contributed by atoms with Crippen molar-refractivity contribution in [2.45, 2.75) is 71.4 Å². The molecule has 0 bridgehead atoms. The lowest BCUT2D eigenvalue weighted by atomic mass is 10.0. The number of likely N-dealkylation sites (N-methyl/N-ethyl adjacent to an activating group) is 1. The lowest BCUT2D eigenvalue weighted by molar-refractivity contribution is -0.140. The first-order chi connectivity index (χ1) is 18.9. The van der Waals surface area contributed by atoms with Gasteiger partial charge in [0.2, 0.25) is 17.7 Å². The number of nitrogens with zero attached hydrogens (tertiary/aromatic N) is 2. The summed E-state index contributed by atoms with van der Waals surface area (Å²) in [5, 5.41) is 7.05. The number of nitrogens with one attached hydrogen (secondary N) is 2. The van der Waals surface area contributed by atoms with Crippen LogP contribution in [0.5, 0.6) is 0 Å².